The predicted octanol–water partition coefficient (Wildman–Crippen LogP) is 5.43. The topological polar surface area (TPSA) is 33.1 Å². The summed E-state index contributed by atoms with van der Waals surface area (Å²) in [4.78, 5) is 3.13. The van der Waals surface area contributed by atoms with Crippen LogP contribution in [0, 0.1) is 0 Å². The van der Waals surface area contributed by atoms with E-state index < -0.39 is 17.6 Å². The van der Waals surface area contributed by atoms with Crippen LogP contribution in [0.25, 0.3) is 11.1 Å². The largest absolute Gasteiger partial charge is 0.505 e. The monoisotopic (exact) mass is 341 g/mol. The summed E-state index contributed by atoms with van der Waals surface area (Å²) in [6, 6.07) is 3.85. The maximum absolute atomic E-state index is 12.7. The van der Waals surface area contributed by atoms with Crippen molar-refractivity contribution in [3.8, 4) is 16.9 Å². The third-order valence-corrected chi connectivity index (χ3v) is 3.50. The molecule has 1 aromatic heterocycles. The molecule has 0 radical (unpaired) electrons. The highest BCUT2D eigenvalue weighted by Gasteiger charge is 2.37. The molecule has 0 saturated carbocycles. The fourth-order valence-corrected chi connectivity index (χ4v) is 2.34. The number of hydrogen-bond donors (Lipinski definition) is 1. The Hall–Kier alpha value is -1.17. The summed E-state index contributed by atoms with van der Waals surface area (Å²) >= 11 is 17.5. The Balaban J connectivity index is 2.72. The van der Waals surface area contributed by atoms with E-state index in [1.165, 1.54) is 18.2 Å². The number of aromatic hydroxyl groups is 1. The highest BCUT2D eigenvalue weighted by atomic mass is 35.5. The third kappa shape index (κ3) is 2.80. The van der Waals surface area contributed by atoms with Gasteiger partial charge in [0.2, 0.25) is 0 Å². The molecule has 0 atom stereocenters. The van der Waals surface area contributed by atoms with Crippen molar-refractivity contribution >= 4 is 34.8 Å². The summed E-state index contributed by atoms with van der Waals surface area (Å²) in [7, 11) is 0. The molecule has 2 nitrogen and oxygen atoms in total. The number of halogens is 6. The average Bonchev–Trinajstić information content (AvgIpc) is 2.33. The summed E-state index contributed by atoms with van der Waals surface area (Å²) in [5.74, 6) is -1.03. The minimum absolute atomic E-state index is 0.00862. The van der Waals surface area contributed by atoms with Crippen molar-refractivity contribution in [3.63, 3.8) is 0 Å². The molecule has 0 aliphatic carbocycles. The van der Waals surface area contributed by atoms with Crippen molar-refractivity contribution < 1.29 is 18.3 Å². The zero-order valence-corrected chi connectivity index (χ0v) is 11.7. The van der Waals surface area contributed by atoms with E-state index in [-0.39, 0.29) is 26.2 Å². The third-order valence-electron chi connectivity index (χ3n) is 2.48. The highest BCUT2D eigenvalue weighted by molar-refractivity contribution is 6.45. The summed E-state index contributed by atoms with van der Waals surface area (Å²) in [5.41, 5.74) is -1.46. The fourth-order valence-electron chi connectivity index (χ4n) is 1.63. The minimum atomic E-state index is -4.78. The smallest absolute Gasteiger partial charge is 0.437 e. The lowest BCUT2D eigenvalue weighted by molar-refractivity contribution is -0.142. The van der Waals surface area contributed by atoms with Gasteiger partial charge in [-0.15, -0.1) is 0 Å². The van der Waals surface area contributed by atoms with Gasteiger partial charge in [-0.2, -0.15) is 13.2 Å². The predicted molar refractivity (Wildman–Crippen MR) is 71.4 cm³/mol. The normalized spacial score (nSPS) is 11.7. The number of pyridine rings is 1. The maximum Gasteiger partial charge on any atom is 0.437 e. The summed E-state index contributed by atoms with van der Waals surface area (Å²) in [6.45, 7) is 0. The molecule has 0 amide bonds. The van der Waals surface area contributed by atoms with Gasteiger partial charge in [0.1, 0.15) is 0 Å². The van der Waals surface area contributed by atoms with Crippen LogP contribution < -0.4 is 0 Å². The van der Waals surface area contributed by atoms with E-state index >= 15 is 0 Å². The lowest BCUT2D eigenvalue weighted by atomic mass is 10.0. The van der Waals surface area contributed by atoms with Crippen LogP contribution >= 0.6 is 34.8 Å². The van der Waals surface area contributed by atoms with Crippen LogP contribution in [0.15, 0.2) is 24.4 Å². The molecule has 0 aliphatic heterocycles. The first-order valence-corrected chi connectivity index (χ1v) is 6.25. The van der Waals surface area contributed by atoms with Gasteiger partial charge >= 0.3 is 6.18 Å². The van der Waals surface area contributed by atoms with Crippen LogP contribution in [-0.4, -0.2) is 10.1 Å². The number of hydrogen-bond acceptors (Lipinski definition) is 2. The van der Waals surface area contributed by atoms with Crippen LogP contribution in [0.3, 0.4) is 0 Å². The van der Waals surface area contributed by atoms with E-state index in [0.29, 0.717) is 0 Å². The van der Waals surface area contributed by atoms with Crippen molar-refractivity contribution in [3.05, 3.63) is 45.2 Å². The van der Waals surface area contributed by atoms with Gasteiger partial charge in [0.05, 0.1) is 10.0 Å². The minimum Gasteiger partial charge on any atom is -0.505 e. The quantitative estimate of drug-likeness (QED) is 0.701. The molecule has 2 aromatic rings. The van der Waals surface area contributed by atoms with E-state index in [0.717, 1.165) is 6.20 Å². The molecule has 1 aromatic carbocycles. The molecule has 1 N–H and O–H groups in total. The first kappa shape index (κ1) is 15.2. The van der Waals surface area contributed by atoms with Gasteiger partial charge < -0.3 is 5.11 Å². The molecule has 2 rings (SSSR count). The molecule has 0 saturated heterocycles. The van der Waals surface area contributed by atoms with Gasteiger partial charge in [0.15, 0.2) is 11.4 Å². The van der Waals surface area contributed by atoms with Crippen molar-refractivity contribution in [2.45, 2.75) is 6.18 Å². The second kappa shape index (κ2) is 5.31. The zero-order chi connectivity index (χ0) is 15.1. The van der Waals surface area contributed by atoms with Crippen molar-refractivity contribution in [2.24, 2.45) is 0 Å². The van der Waals surface area contributed by atoms with Crippen molar-refractivity contribution in [1.29, 1.82) is 0 Å². The summed E-state index contributed by atoms with van der Waals surface area (Å²) in [5, 5.41) is 10.00. The van der Waals surface area contributed by atoms with Gasteiger partial charge in [-0.25, -0.2) is 4.98 Å². The van der Waals surface area contributed by atoms with E-state index in [1.807, 2.05) is 0 Å². The van der Waals surface area contributed by atoms with Gasteiger partial charge in [0.25, 0.3) is 0 Å². The molecule has 0 bridgehead atoms. The Morgan fingerprint density at radius 1 is 1.05 bits per heavy atom. The molecular weight excluding hydrogens is 337 g/mol. The van der Waals surface area contributed by atoms with E-state index in [4.69, 9.17) is 34.8 Å². The molecule has 0 aliphatic rings. The van der Waals surface area contributed by atoms with E-state index in [1.54, 1.807) is 0 Å². The van der Waals surface area contributed by atoms with Crippen molar-refractivity contribution in [1.82, 2.24) is 4.98 Å². The molecule has 20 heavy (non-hydrogen) atoms. The van der Waals surface area contributed by atoms with E-state index in [9.17, 15) is 18.3 Å². The maximum atomic E-state index is 12.7. The van der Waals surface area contributed by atoms with Crippen LogP contribution in [0.2, 0.25) is 15.1 Å². The number of aromatic nitrogens is 1. The Morgan fingerprint density at radius 3 is 2.30 bits per heavy atom. The second-order valence-electron chi connectivity index (χ2n) is 3.80. The van der Waals surface area contributed by atoms with Gasteiger partial charge in [-0.3, -0.25) is 0 Å². The molecule has 0 fully saturated rings. The fraction of sp³-hybridized carbons (Fsp3) is 0.0833. The molecule has 1 heterocycles. The molecular formula is C12H5Cl3F3NO. The number of nitrogens with zero attached hydrogens (tertiary/aromatic N) is 1. The number of rotatable bonds is 1. The first-order chi connectivity index (χ1) is 9.21. The summed E-state index contributed by atoms with van der Waals surface area (Å²) in [6.07, 6.45) is -3.86. The first-order valence-electron chi connectivity index (χ1n) is 5.12. The molecule has 106 valence electrons. The van der Waals surface area contributed by atoms with E-state index in [2.05, 4.69) is 4.98 Å². The second-order valence-corrected chi connectivity index (χ2v) is 5.02. The molecule has 0 spiro atoms. The molecule has 8 heteroatoms. The number of alkyl halides is 3. The van der Waals surface area contributed by atoms with Gasteiger partial charge in [0, 0.05) is 22.3 Å². The standard InChI is InChI=1S/C12H5Cl3F3NO/c13-5-3-7(9(15)8(14)4-5)6-1-2-19-11(10(6)20)12(16,17)18/h1-4,20H. The van der Waals surface area contributed by atoms with Gasteiger partial charge in [-0.1, -0.05) is 34.8 Å². The average molecular weight is 343 g/mol. The van der Waals surface area contributed by atoms with Gasteiger partial charge in [-0.05, 0) is 18.2 Å². The highest BCUT2D eigenvalue weighted by Crippen LogP contribution is 2.43. The number of benzene rings is 1. The van der Waals surface area contributed by atoms with Crippen LogP contribution in [0.5, 0.6) is 5.75 Å². The van der Waals surface area contributed by atoms with Crippen LogP contribution in [0.1, 0.15) is 5.69 Å². The zero-order valence-electron chi connectivity index (χ0n) is 9.47. The lowest BCUT2D eigenvalue weighted by Gasteiger charge is -2.13. The summed E-state index contributed by atoms with van der Waals surface area (Å²) < 4.78 is 38.1. The lowest BCUT2D eigenvalue weighted by Crippen LogP contribution is -2.08. The SMILES string of the molecule is Oc1c(-c2cc(Cl)cc(Cl)c2Cl)ccnc1C(F)(F)F. The Bertz CT molecular complexity index is 674. The molecule has 0 unspecified atom stereocenters. The Labute approximate surface area is 126 Å². The Kier molecular flexibility index (Phi) is 4.04. The Morgan fingerprint density at radius 2 is 1.70 bits per heavy atom. The van der Waals surface area contributed by atoms with Crippen LogP contribution in [0.4, 0.5) is 13.2 Å². The van der Waals surface area contributed by atoms with Crippen molar-refractivity contribution in [2.75, 3.05) is 0 Å². The van der Waals surface area contributed by atoms with Crippen LogP contribution in [-0.2, 0) is 6.18 Å².